The van der Waals surface area contributed by atoms with Gasteiger partial charge in [0.25, 0.3) is 5.91 Å². The molecule has 16 heavy (non-hydrogen) atoms. The molecular weight excluding hydrogens is 225 g/mol. The zero-order valence-electron chi connectivity index (χ0n) is 9.11. The molecule has 0 heterocycles. The highest BCUT2D eigenvalue weighted by molar-refractivity contribution is 7.80. The Kier molecular flexibility index (Phi) is 3.19. The Balaban J connectivity index is 2.28. The van der Waals surface area contributed by atoms with Crippen LogP contribution in [0.1, 0.15) is 30.1 Å². The van der Waals surface area contributed by atoms with Crippen molar-refractivity contribution >= 4 is 18.5 Å². The predicted octanol–water partition coefficient (Wildman–Crippen LogP) is 2.74. The molecule has 0 radical (unpaired) electrons. The van der Waals surface area contributed by atoms with Gasteiger partial charge in [0.15, 0.2) is 0 Å². The molecule has 0 spiro atoms. The predicted molar refractivity (Wildman–Crippen MR) is 63.4 cm³/mol. The average Bonchev–Trinajstić information content (AvgIpc) is 3.07. The summed E-state index contributed by atoms with van der Waals surface area (Å²) in [7, 11) is 0. The first-order chi connectivity index (χ1) is 7.63. The normalized spacial score (nSPS) is 14.9. The van der Waals surface area contributed by atoms with Crippen molar-refractivity contribution in [3.05, 3.63) is 29.6 Å². The largest absolute Gasteiger partial charge is 0.336 e. The molecule has 2 rings (SSSR count). The molecule has 0 N–H and O–H groups in total. The summed E-state index contributed by atoms with van der Waals surface area (Å²) in [6.07, 6.45) is 2.06. The molecule has 0 bridgehead atoms. The standard InChI is InChI=1S/C12H14FNOS/c1-2-14(8-3-4-8)12(15)10-7-9(16)5-6-11(10)13/h5-8,16H,2-4H2,1H3. The second-order valence-corrected chi connectivity index (χ2v) is 4.50. The maximum absolute atomic E-state index is 13.5. The summed E-state index contributed by atoms with van der Waals surface area (Å²) in [4.78, 5) is 14.4. The molecule has 4 heteroatoms. The van der Waals surface area contributed by atoms with E-state index in [1.807, 2.05) is 6.92 Å². The number of carbonyl (C=O) groups is 1. The molecule has 86 valence electrons. The van der Waals surface area contributed by atoms with Crippen LogP contribution in [0.2, 0.25) is 0 Å². The SMILES string of the molecule is CCN(C(=O)c1cc(S)ccc1F)C1CC1. The topological polar surface area (TPSA) is 20.3 Å². The van der Waals surface area contributed by atoms with E-state index in [1.54, 1.807) is 11.0 Å². The summed E-state index contributed by atoms with van der Waals surface area (Å²) < 4.78 is 13.5. The van der Waals surface area contributed by atoms with E-state index >= 15 is 0 Å². The lowest BCUT2D eigenvalue weighted by atomic mass is 10.2. The number of hydrogen-bond donors (Lipinski definition) is 1. The maximum atomic E-state index is 13.5. The van der Waals surface area contributed by atoms with Crippen molar-refractivity contribution in [1.82, 2.24) is 4.90 Å². The third-order valence-corrected chi connectivity index (χ3v) is 3.05. The molecule has 0 unspecified atom stereocenters. The number of hydrogen-bond acceptors (Lipinski definition) is 2. The lowest BCUT2D eigenvalue weighted by Crippen LogP contribution is -2.33. The van der Waals surface area contributed by atoms with Gasteiger partial charge in [-0.1, -0.05) is 0 Å². The minimum atomic E-state index is -0.470. The Morgan fingerprint density at radius 2 is 2.25 bits per heavy atom. The second-order valence-electron chi connectivity index (χ2n) is 3.99. The van der Waals surface area contributed by atoms with Gasteiger partial charge in [-0.15, -0.1) is 12.6 Å². The molecule has 0 saturated heterocycles. The molecule has 1 aliphatic rings. The van der Waals surface area contributed by atoms with Gasteiger partial charge < -0.3 is 4.90 Å². The van der Waals surface area contributed by atoms with Gasteiger partial charge in [0.2, 0.25) is 0 Å². The van der Waals surface area contributed by atoms with Crippen molar-refractivity contribution in [1.29, 1.82) is 0 Å². The van der Waals surface area contributed by atoms with Crippen LogP contribution < -0.4 is 0 Å². The molecule has 1 aromatic rings. The highest BCUT2D eigenvalue weighted by Crippen LogP contribution is 2.28. The van der Waals surface area contributed by atoms with E-state index in [0.717, 1.165) is 12.8 Å². The summed E-state index contributed by atoms with van der Waals surface area (Å²) in [5.74, 6) is -0.694. The molecule has 1 saturated carbocycles. The van der Waals surface area contributed by atoms with Gasteiger partial charge in [-0.05, 0) is 38.0 Å². The van der Waals surface area contributed by atoms with Crippen LogP contribution in [0.15, 0.2) is 23.1 Å². The number of thiol groups is 1. The van der Waals surface area contributed by atoms with Gasteiger partial charge in [0, 0.05) is 17.5 Å². The Hall–Kier alpha value is -1.03. The number of benzene rings is 1. The number of carbonyl (C=O) groups excluding carboxylic acids is 1. The van der Waals surface area contributed by atoms with Crippen LogP contribution in [-0.2, 0) is 0 Å². The van der Waals surface area contributed by atoms with Crippen molar-refractivity contribution < 1.29 is 9.18 Å². The summed E-state index contributed by atoms with van der Waals surface area (Å²) in [5.41, 5.74) is 0.126. The van der Waals surface area contributed by atoms with Crippen LogP contribution in [-0.4, -0.2) is 23.4 Å². The Morgan fingerprint density at radius 3 is 2.81 bits per heavy atom. The molecule has 0 aliphatic heterocycles. The fourth-order valence-electron chi connectivity index (χ4n) is 1.79. The molecule has 1 aromatic carbocycles. The van der Waals surface area contributed by atoms with Crippen molar-refractivity contribution in [2.24, 2.45) is 0 Å². The second kappa shape index (κ2) is 4.45. The van der Waals surface area contributed by atoms with Crippen LogP contribution in [0.4, 0.5) is 4.39 Å². The van der Waals surface area contributed by atoms with E-state index in [4.69, 9.17) is 0 Å². The summed E-state index contributed by atoms with van der Waals surface area (Å²) in [5, 5.41) is 0. The first kappa shape index (κ1) is 11.5. The molecule has 0 aromatic heterocycles. The van der Waals surface area contributed by atoms with Crippen molar-refractivity contribution in [3.63, 3.8) is 0 Å². The number of nitrogens with zero attached hydrogens (tertiary/aromatic N) is 1. The van der Waals surface area contributed by atoms with Crippen LogP contribution in [0.25, 0.3) is 0 Å². The zero-order valence-corrected chi connectivity index (χ0v) is 10.0. The fraction of sp³-hybridized carbons (Fsp3) is 0.417. The molecule has 2 nitrogen and oxygen atoms in total. The van der Waals surface area contributed by atoms with Crippen molar-refractivity contribution in [3.8, 4) is 0 Å². The average molecular weight is 239 g/mol. The third kappa shape index (κ3) is 2.21. The monoisotopic (exact) mass is 239 g/mol. The van der Waals surface area contributed by atoms with E-state index in [-0.39, 0.29) is 11.5 Å². The molecule has 1 fully saturated rings. The Morgan fingerprint density at radius 1 is 1.56 bits per heavy atom. The van der Waals surface area contributed by atoms with Crippen molar-refractivity contribution in [2.75, 3.05) is 6.54 Å². The first-order valence-corrected chi connectivity index (χ1v) is 5.87. The van der Waals surface area contributed by atoms with E-state index in [0.29, 0.717) is 17.5 Å². The van der Waals surface area contributed by atoms with Gasteiger partial charge in [-0.2, -0.15) is 0 Å². The Bertz CT molecular complexity index is 417. The molecule has 0 atom stereocenters. The minimum absolute atomic E-state index is 0.126. The quantitative estimate of drug-likeness (QED) is 0.804. The number of rotatable bonds is 3. The number of halogens is 1. The maximum Gasteiger partial charge on any atom is 0.257 e. The minimum Gasteiger partial charge on any atom is -0.336 e. The smallest absolute Gasteiger partial charge is 0.257 e. The third-order valence-electron chi connectivity index (χ3n) is 2.77. The van der Waals surface area contributed by atoms with Gasteiger partial charge in [0.05, 0.1) is 5.56 Å². The van der Waals surface area contributed by atoms with E-state index < -0.39 is 5.82 Å². The first-order valence-electron chi connectivity index (χ1n) is 5.43. The highest BCUT2D eigenvalue weighted by atomic mass is 32.1. The van der Waals surface area contributed by atoms with Crippen LogP contribution in [0, 0.1) is 5.82 Å². The fourth-order valence-corrected chi connectivity index (χ4v) is 1.99. The molecule has 1 amide bonds. The van der Waals surface area contributed by atoms with Gasteiger partial charge >= 0.3 is 0 Å². The van der Waals surface area contributed by atoms with Gasteiger partial charge in [-0.25, -0.2) is 4.39 Å². The van der Waals surface area contributed by atoms with Gasteiger partial charge in [-0.3, -0.25) is 4.79 Å². The molecule has 1 aliphatic carbocycles. The van der Waals surface area contributed by atoms with E-state index in [9.17, 15) is 9.18 Å². The molecular formula is C12H14FNOS. The highest BCUT2D eigenvalue weighted by Gasteiger charge is 2.32. The number of amides is 1. The van der Waals surface area contributed by atoms with Crippen molar-refractivity contribution in [2.45, 2.75) is 30.7 Å². The van der Waals surface area contributed by atoms with Crippen LogP contribution in [0.5, 0.6) is 0 Å². The van der Waals surface area contributed by atoms with Gasteiger partial charge in [0.1, 0.15) is 5.82 Å². The summed E-state index contributed by atoms with van der Waals surface area (Å²) in [6.45, 7) is 2.54. The Labute approximate surface area is 99.9 Å². The van der Waals surface area contributed by atoms with E-state index in [1.165, 1.54) is 12.1 Å². The zero-order chi connectivity index (χ0) is 11.7. The summed E-state index contributed by atoms with van der Waals surface area (Å²) in [6, 6.07) is 4.63. The summed E-state index contributed by atoms with van der Waals surface area (Å²) >= 11 is 4.12. The van der Waals surface area contributed by atoms with Crippen LogP contribution >= 0.6 is 12.6 Å². The lowest BCUT2D eigenvalue weighted by Gasteiger charge is -2.20. The lowest BCUT2D eigenvalue weighted by molar-refractivity contribution is 0.0747. The van der Waals surface area contributed by atoms with E-state index in [2.05, 4.69) is 12.6 Å². The van der Waals surface area contributed by atoms with Crippen LogP contribution in [0.3, 0.4) is 0 Å².